The van der Waals surface area contributed by atoms with Crippen molar-refractivity contribution in [3.05, 3.63) is 17.7 Å². The fourth-order valence-electron chi connectivity index (χ4n) is 3.97. The van der Waals surface area contributed by atoms with Crippen molar-refractivity contribution in [3.63, 3.8) is 0 Å². The molecule has 1 aliphatic carbocycles. The summed E-state index contributed by atoms with van der Waals surface area (Å²) in [6.07, 6.45) is 11.0. The van der Waals surface area contributed by atoms with Crippen molar-refractivity contribution in [1.29, 1.82) is 0 Å². The van der Waals surface area contributed by atoms with Crippen molar-refractivity contribution >= 4 is 0 Å². The summed E-state index contributed by atoms with van der Waals surface area (Å²) < 4.78 is 2.27. The average Bonchev–Trinajstić information content (AvgIpc) is 3.00. The molecular weight excluding hydrogens is 320 g/mol. The zero-order valence-corrected chi connectivity index (χ0v) is 18.2. The van der Waals surface area contributed by atoms with Crippen molar-refractivity contribution in [2.75, 3.05) is 20.1 Å². The van der Waals surface area contributed by atoms with E-state index >= 15 is 0 Å². The molecule has 150 valence electrons. The van der Waals surface area contributed by atoms with Gasteiger partial charge in [-0.25, -0.2) is 4.98 Å². The Bertz CT molecular complexity index is 514. The predicted molar refractivity (Wildman–Crippen MR) is 111 cm³/mol. The average molecular weight is 363 g/mol. The van der Waals surface area contributed by atoms with Gasteiger partial charge in [0.25, 0.3) is 0 Å². The lowest BCUT2D eigenvalue weighted by molar-refractivity contribution is 0.173. The molecule has 0 aromatic carbocycles. The molecule has 0 radical (unpaired) electrons. The first-order chi connectivity index (χ1) is 12.4. The van der Waals surface area contributed by atoms with Gasteiger partial charge in [0.2, 0.25) is 0 Å². The largest absolute Gasteiger partial charge is 0.332 e. The molecule has 0 N–H and O–H groups in total. The van der Waals surface area contributed by atoms with E-state index in [0.29, 0.717) is 12.1 Å². The van der Waals surface area contributed by atoms with E-state index in [2.05, 4.69) is 67.2 Å². The standard InChI is InChI=1S/C12H25N.C10H17N3/c1-11(2)13(3)10-9-12-7-5-4-6-8-12;1-8(2)12-4-5-13-6-9(3)11-10(13)7-12/h11-12H,4-10H2,1-3H3;6,8H,4-5,7H2,1-3H3. The molecule has 0 bridgehead atoms. The van der Waals surface area contributed by atoms with Crippen LogP contribution in [0.25, 0.3) is 0 Å². The number of nitrogens with zero attached hydrogens (tertiary/aromatic N) is 4. The van der Waals surface area contributed by atoms with Gasteiger partial charge in [0, 0.05) is 31.4 Å². The number of rotatable bonds is 5. The molecule has 26 heavy (non-hydrogen) atoms. The van der Waals surface area contributed by atoms with E-state index in [4.69, 9.17) is 0 Å². The van der Waals surface area contributed by atoms with Crippen LogP contribution in [0.1, 0.15) is 77.7 Å². The molecule has 1 aliphatic heterocycles. The lowest BCUT2D eigenvalue weighted by atomic mass is 9.87. The van der Waals surface area contributed by atoms with Gasteiger partial charge in [-0.2, -0.15) is 0 Å². The van der Waals surface area contributed by atoms with Crippen LogP contribution in [-0.4, -0.2) is 51.6 Å². The Hall–Kier alpha value is -0.870. The van der Waals surface area contributed by atoms with E-state index in [1.54, 1.807) is 0 Å². The summed E-state index contributed by atoms with van der Waals surface area (Å²) in [5.41, 5.74) is 1.14. The third kappa shape index (κ3) is 6.70. The van der Waals surface area contributed by atoms with E-state index in [1.807, 2.05) is 0 Å². The second kappa shape index (κ2) is 10.5. The van der Waals surface area contributed by atoms with Crippen LogP contribution in [0.3, 0.4) is 0 Å². The molecule has 0 spiro atoms. The zero-order valence-electron chi connectivity index (χ0n) is 18.2. The smallest absolute Gasteiger partial charge is 0.123 e. The molecule has 1 aromatic heterocycles. The Labute approximate surface area is 162 Å². The maximum Gasteiger partial charge on any atom is 0.123 e. The first kappa shape index (κ1) is 21.4. The maximum absolute atomic E-state index is 4.51. The van der Waals surface area contributed by atoms with E-state index in [0.717, 1.165) is 31.2 Å². The highest BCUT2D eigenvalue weighted by molar-refractivity contribution is 5.04. The third-order valence-corrected chi connectivity index (χ3v) is 6.18. The van der Waals surface area contributed by atoms with Crippen molar-refractivity contribution in [1.82, 2.24) is 19.4 Å². The van der Waals surface area contributed by atoms with Crippen LogP contribution >= 0.6 is 0 Å². The van der Waals surface area contributed by atoms with Gasteiger partial charge < -0.3 is 9.47 Å². The van der Waals surface area contributed by atoms with E-state index < -0.39 is 0 Å². The number of imidazole rings is 1. The molecule has 0 saturated heterocycles. The molecule has 0 unspecified atom stereocenters. The molecule has 1 saturated carbocycles. The number of hydrogen-bond acceptors (Lipinski definition) is 3. The van der Waals surface area contributed by atoms with Crippen molar-refractivity contribution < 1.29 is 0 Å². The van der Waals surface area contributed by atoms with Gasteiger partial charge in [-0.05, 0) is 60.5 Å². The first-order valence-electron chi connectivity index (χ1n) is 10.8. The molecule has 3 rings (SSSR count). The number of aromatic nitrogens is 2. The van der Waals surface area contributed by atoms with Crippen molar-refractivity contribution in [2.45, 2.75) is 98.3 Å². The minimum Gasteiger partial charge on any atom is -0.332 e. The van der Waals surface area contributed by atoms with E-state index in [9.17, 15) is 0 Å². The Balaban J connectivity index is 0.000000187. The van der Waals surface area contributed by atoms with Gasteiger partial charge in [0.05, 0.1) is 12.2 Å². The van der Waals surface area contributed by atoms with E-state index in [-0.39, 0.29) is 0 Å². The summed E-state index contributed by atoms with van der Waals surface area (Å²) in [6.45, 7) is 15.6. The monoisotopic (exact) mass is 362 g/mol. The van der Waals surface area contributed by atoms with E-state index in [1.165, 1.54) is 50.9 Å². The van der Waals surface area contributed by atoms with Gasteiger partial charge in [-0.1, -0.05) is 32.1 Å². The summed E-state index contributed by atoms with van der Waals surface area (Å²) in [7, 11) is 2.24. The Morgan fingerprint density at radius 1 is 1.12 bits per heavy atom. The van der Waals surface area contributed by atoms with Crippen LogP contribution < -0.4 is 0 Å². The minimum absolute atomic E-state index is 0.630. The van der Waals surface area contributed by atoms with Crippen LogP contribution in [0.5, 0.6) is 0 Å². The molecule has 1 fully saturated rings. The number of fused-ring (bicyclic) bond motifs is 1. The highest BCUT2D eigenvalue weighted by Gasteiger charge is 2.19. The zero-order chi connectivity index (χ0) is 19.1. The molecule has 2 aliphatic rings. The number of aryl methyl sites for hydroxylation is 1. The minimum atomic E-state index is 0.630. The topological polar surface area (TPSA) is 24.3 Å². The number of hydrogen-bond donors (Lipinski definition) is 0. The first-order valence-corrected chi connectivity index (χ1v) is 10.8. The van der Waals surface area contributed by atoms with Crippen molar-refractivity contribution in [3.8, 4) is 0 Å². The van der Waals surface area contributed by atoms with Gasteiger partial charge in [0.15, 0.2) is 0 Å². The van der Waals surface area contributed by atoms with Gasteiger partial charge in [0.1, 0.15) is 5.82 Å². The molecular formula is C22H42N4. The van der Waals surface area contributed by atoms with Gasteiger partial charge in [-0.3, -0.25) is 4.90 Å². The van der Waals surface area contributed by atoms with Gasteiger partial charge in [-0.15, -0.1) is 0 Å². The molecule has 4 nitrogen and oxygen atoms in total. The second-order valence-electron chi connectivity index (χ2n) is 8.92. The summed E-state index contributed by atoms with van der Waals surface area (Å²) in [5.74, 6) is 2.26. The quantitative estimate of drug-likeness (QED) is 0.758. The third-order valence-electron chi connectivity index (χ3n) is 6.18. The Kier molecular flexibility index (Phi) is 8.62. The second-order valence-corrected chi connectivity index (χ2v) is 8.92. The maximum atomic E-state index is 4.51. The molecule has 1 aromatic rings. The lowest BCUT2D eigenvalue weighted by Crippen LogP contribution is -2.38. The molecule has 0 atom stereocenters. The molecule has 4 heteroatoms. The highest BCUT2D eigenvalue weighted by atomic mass is 15.2. The Morgan fingerprint density at radius 3 is 2.42 bits per heavy atom. The Morgan fingerprint density at radius 2 is 1.81 bits per heavy atom. The summed E-state index contributed by atoms with van der Waals surface area (Å²) >= 11 is 0. The van der Waals surface area contributed by atoms with Crippen LogP contribution in [-0.2, 0) is 13.1 Å². The predicted octanol–water partition coefficient (Wildman–Crippen LogP) is 4.71. The van der Waals surface area contributed by atoms with Crippen LogP contribution in [0, 0.1) is 12.8 Å². The van der Waals surface area contributed by atoms with Gasteiger partial charge >= 0.3 is 0 Å². The fourth-order valence-corrected chi connectivity index (χ4v) is 3.97. The van der Waals surface area contributed by atoms with Crippen LogP contribution in [0.2, 0.25) is 0 Å². The molecule has 2 heterocycles. The fraction of sp³-hybridized carbons (Fsp3) is 0.864. The van der Waals surface area contributed by atoms with Crippen molar-refractivity contribution in [2.24, 2.45) is 5.92 Å². The normalized spacial score (nSPS) is 19.0. The SMILES string of the molecule is CC(C)N(C)CCC1CCCCC1.Cc1cn2c(n1)CN(C(C)C)CC2. The summed E-state index contributed by atoms with van der Waals surface area (Å²) in [5, 5.41) is 0. The lowest BCUT2D eigenvalue weighted by Gasteiger charge is -2.30. The molecule has 0 amide bonds. The highest BCUT2D eigenvalue weighted by Crippen LogP contribution is 2.26. The summed E-state index contributed by atoms with van der Waals surface area (Å²) in [4.78, 5) is 9.43. The van der Waals surface area contributed by atoms with Crippen LogP contribution in [0.15, 0.2) is 6.20 Å². The van der Waals surface area contributed by atoms with Crippen LogP contribution in [0.4, 0.5) is 0 Å². The summed E-state index contributed by atoms with van der Waals surface area (Å²) in [6, 6.07) is 1.34.